The van der Waals surface area contributed by atoms with Crippen LogP contribution < -0.4 is 5.32 Å². The quantitative estimate of drug-likeness (QED) is 0.458. The van der Waals surface area contributed by atoms with Crippen molar-refractivity contribution in [3.05, 3.63) is 21.6 Å². The average Bonchev–Trinajstić information content (AvgIpc) is 2.28. The number of aliphatic hydroxyl groups is 1. The van der Waals surface area contributed by atoms with Crippen LogP contribution in [0.4, 0.5) is 11.5 Å². The molecule has 1 aromatic rings. The van der Waals surface area contributed by atoms with E-state index in [-0.39, 0.29) is 29.4 Å². The summed E-state index contributed by atoms with van der Waals surface area (Å²) in [7, 11) is 0. The van der Waals surface area contributed by atoms with Gasteiger partial charge in [-0.3, -0.25) is 10.1 Å². The highest BCUT2D eigenvalue weighted by molar-refractivity contribution is 6.28. The summed E-state index contributed by atoms with van der Waals surface area (Å²) in [4.78, 5) is 17.5. The maximum atomic E-state index is 10.8. The van der Waals surface area contributed by atoms with E-state index < -0.39 is 4.92 Å². The molecule has 94 valence electrons. The van der Waals surface area contributed by atoms with Crippen molar-refractivity contribution in [3.8, 4) is 0 Å². The fourth-order valence-electron chi connectivity index (χ4n) is 1.32. The third-order valence-electron chi connectivity index (χ3n) is 2.25. The van der Waals surface area contributed by atoms with E-state index in [0.29, 0.717) is 12.8 Å². The number of nitrogens with zero attached hydrogens (tertiary/aromatic N) is 3. The molecule has 1 atom stereocenters. The minimum atomic E-state index is -0.579. The van der Waals surface area contributed by atoms with Crippen molar-refractivity contribution in [2.45, 2.75) is 25.8 Å². The zero-order chi connectivity index (χ0) is 12.8. The number of hydrogen-bond donors (Lipinski definition) is 2. The van der Waals surface area contributed by atoms with Crippen LogP contribution in [0.25, 0.3) is 0 Å². The number of aromatic nitrogens is 2. The maximum Gasteiger partial charge on any atom is 0.329 e. The Hall–Kier alpha value is -1.47. The van der Waals surface area contributed by atoms with Gasteiger partial charge in [-0.2, -0.15) is 4.98 Å². The van der Waals surface area contributed by atoms with Gasteiger partial charge in [-0.05, 0) is 24.4 Å². The van der Waals surface area contributed by atoms with Gasteiger partial charge in [0.1, 0.15) is 6.20 Å². The van der Waals surface area contributed by atoms with Crippen LogP contribution in [0.2, 0.25) is 5.28 Å². The Morgan fingerprint density at radius 3 is 2.94 bits per heavy atom. The second kappa shape index (κ2) is 6.31. The lowest BCUT2D eigenvalue weighted by Crippen LogP contribution is -2.21. The summed E-state index contributed by atoms with van der Waals surface area (Å²) in [5, 5.41) is 22.4. The Balaban J connectivity index is 2.94. The Labute approximate surface area is 103 Å². The highest BCUT2D eigenvalue weighted by Gasteiger charge is 2.19. The summed E-state index contributed by atoms with van der Waals surface area (Å²) >= 11 is 5.59. The summed E-state index contributed by atoms with van der Waals surface area (Å²) in [6.45, 7) is 1.90. The van der Waals surface area contributed by atoms with Gasteiger partial charge in [0.05, 0.1) is 4.92 Å². The van der Waals surface area contributed by atoms with Crippen molar-refractivity contribution < 1.29 is 10.0 Å². The zero-order valence-electron chi connectivity index (χ0n) is 9.26. The molecule has 0 saturated carbocycles. The molecule has 7 nitrogen and oxygen atoms in total. The highest BCUT2D eigenvalue weighted by Crippen LogP contribution is 2.23. The Morgan fingerprint density at radius 2 is 2.41 bits per heavy atom. The average molecular weight is 261 g/mol. The maximum absolute atomic E-state index is 10.8. The third kappa shape index (κ3) is 3.79. The lowest BCUT2D eigenvalue weighted by molar-refractivity contribution is -0.384. The van der Waals surface area contributed by atoms with Gasteiger partial charge in [0, 0.05) is 12.6 Å². The van der Waals surface area contributed by atoms with E-state index in [0.717, 1.165) is 6.20 Å². The molecule has 8 heteroatoms. The Bertz CT molecular complexity index is 402. The van der Waals surface area contributed by atoms with Crippen molar-refractivity contribution in [1.29, 1.82) is 0 Å². The Morgan fingerprint density at radius 1 is 1.71 bits per heavy atom. The molecule has 17 heavy (non-hydrogen) atoms. The van der Waals surface area contributed by atoms with Crippen LogP contribution in [0.5, 0.6) is 0 Å². The number of hydrogen-bond acceptors (Lipinski definition) is 6. The van der Waals surface area contributed by atoms with Crippen LogP contribution in [0, 0.1) is 10.1 Å². The molecule has 0 aliphatic heterocycles. The topological polar surface area (TPSA) is 101 Å². The summed E-state index contributed by atoms with van der Waals surface area (Å²) < 4.78 is 0. The van der Waals surface area contributed by atoms with E-state index in [4.69, 9.17) is 16.7 Å². The van der Waals surface area contributed by atoms with Crippen LogP contribution in [-0.4, -0.2) is 32.6 Å². The minimum absolute atomic E-state index is 0.00187. The standard InChI is InChI=1S/C9H13ClN4O3/c1-2-6(3-4-15)12-8-7(14(16)17)5-11-9(10)13-8/h5-6,15H,2-4H2,1H3,(H,11,12,13). The van der Waals surface area contributed by atoms with Gasteiger partial charge in [-0.25, -0.2) is 4.98 Å². The number of aliphatic hydroxyl groups excluding tert-OH is 1. The molecule has 2 N–H and O–H groups in total. The first-order chi connectivity index (χ1) is 8.08. The molecule has 1 unspecified atom stereocenters. The molecule has 1 rings (SSSR count). The first-order valence-corrected chi connectivity index (χ1v) is 5.50. The van der Waals surface area contributed by atoms with Crippen molar-refractivity contribution in [3.63, 3.8) is 0 Å². The van der Waals surface area contributed by atoms with Gasteiger partial charge in [-0.15, -0.1) is 0 Å². The fourth-order valence-corrected chi connectivity index (χ4v) is 1.45. The summed E-state index contributed by atoms with van der Waals surface area (Å²) in [6, 6.07) is -0.0929. The summed E-state index contributed by atoms with van der Waals surface area (Å²) in [6.07, 6.45) is 2.25. The molecular weight excluding hydrogens is 248 g/mol. The van der Waals surface area contributed by atoms with Crippen LogP contribution in [0.15, 0.2) is 6.20 Å². The molecule has 0 bridgehead atoms. The van der Waals surface area contributed by atoms with E-state index in [2.05, 4.69) is 15.3 Å². The third-order valence-corrected chi connectivity index (χ3v) is 2.43. The zero-order valence-corrected chi connectivity index (χ0v) is 10.0. The van der Waals surface area contributed by atoms with E-state index in [1.165, 1.54) is 0 Å². The van der Waals surface area contributed by atoms with Crippen molar-refractivity contribution in [2.24, 2.45) is 0 Å². The molecule has 1 aromatic heterocycles. The van der Waals surface area contributed by atoms with Crippen LogP contribution in [0.1, 0.15) is 19.8 Å². The molecule has 0 aliphatic carbocycles. The normalized spacial score (nSPS) is 12.2. The van der Waals surface area contributed by atoms with Gasteiger partial charge in [0.15, 0.2) is 0 Å². The lowest BCUT2D eigenvalue weighted by Gasteiger charge is -2.15. The molecule has 0 radical (unpaired) electrons. The van der Waals surface area contributed by atoms with Gasteiger partial charge >= 0.3 is 5.69 Å². The number of nitrogens with one attached hydrogen (secondary N) is 1. The van der Waals surface area contributed by atoms with Crippen LogP contribution >= 0.6 is 11.6 Å². The second-order valence-electron chi connectivity index (χ2n) is 3.39. The minimum Gasteiger partial charge on any atom is -0.396 e. The number of rotatable bonds is 6. The van der Waals surface area contributed by atoms with Gasteiger partial charge in [0.25, 0.3) is 0 Å². The molecule has 0 aliphatic rings. The number of nitro groups is 1. The smallest absolute Gasteiger partial charge is 0.329 e. The SMILES string of the molecule is CCC(CCO)Nc1nc(Cl)ncc1[N+](=O)[O-]. The number of halogens is 1. The molecule has 0 amide bonds. The molecule has 0 aromatic carbocycles. The van der Waals surface area contributed by atoms with Crippen LogP contribution in [-0.2, 0) is 0 Å². The van der Waals surface area contributed by atoms with Gasteiger partial charge < -0.3 is 10.4 Å². The van der Waals surface area contributed by atoms with E-state index in [1.807, 2.05) is 6.92 Å². The summed E-state index contributed by atoms with van der Waals surface area (Å²) in [5.74, 6) is 0.0790. The molecular formula is C9H13ClN4O3. The molecule has 1 heterocycles. The first-order valence-electron chi connectivity index (χ1n) is 5.12. The van der Waals surface area contributed by atoms with Gasteiger partial charge in [-0.1, -0.05) is 6.92 Å². The molecule has 0 saturated heterocycles. The van der Waals surface area contributed by atoms with E-state index >= 15 is 0 Å². The second-order valence-corrected chi connectivity index (χ2v) is 3.73. The van der Waals surface area contributed by atoms with Crippen LogP contribution in [0.3, 0.4) is 0 Å². The van der Waals surface area contributed by atoms with E-state index in [1.54, 1.807) is 0 Å². The first kappa shape index (κ1) is 13.6. The van der Waals surface area contributed by atoms with E-state index in [9.17, 15) is 10.1 Å². The number of anilines is 1. The molecule has 0 fully saturated rings. The largest absolute Gasteiger partial charge is 0.396 e. The van der Waals surface area contributed by atoms with Crippen molar-refractivity contribution in [1.82, 2.24) is 9.97 Å². The predicted octanol–water partition coefficient (Wildman–Crippen LogP) is 1.61. The fraction of sp³-hybridized carbons (Fsp3) is 0.556. The highest BCUT2D eigenvalue weighted by atomic mass is 35.5. The van der Waals surface area contributed by atoms with Crippen molar-refractivity contribution >= 4 is 23.1 Å². The van der Waals surface area contributed by atoms with Gasteiger partial charge in [0.2, 0.25) is 11.1 Å². The summed E-state index contributed by atoms with van der Waals surface area (Å²) in [5.41, 5.74) is -0.231. The lowest BCUT2D eigenvalue weighted by atomic mass is 10.1. The Kier molecular flexibility index (Phi) is 5.05. The molecule has 0 spiro atoms. The van der Waals surface area contributed by atoms with Crippen molar-refractivity contribution in [2.75, 3.05) is 11.9 Å². The predicted molar refractivity (Wildman–Crippen MR) is 63.1 cm³/mol. The monoisotopic (exact) mass is 260 g/mol.